The molecule has 0 atom stereocenters. The third kappa shape index (κ3) is 5.81. The smallest absolute Gasteiger partial charge is 0.324 e. The first-order chi connectivity index (χ1) is 13.5. The Morgan fingerprint density at radius 2 is 1.89 bits per heavy atom. The molecule has 2 fully saturated rings. The molecule has 1 aromatic heterocycles. The number of amides is 2. The first kappa shape index (κ1) is 20.9. The topological polar surface area (TPSA) is 107 Å². The van der Waals surface area contributed by atoms with Crippen molar-refractivity contribution in [1.29, 1.82) is 0 Å². The average Bonchev–Trinajstić information content (AvgIpc) is 3.11. The number of nitrogens with one attached hydrogen (secondary N) is 3. The van der Waals surface area contributed by atoms with E-state index in [2.05, 4.69) is 32.8 Å². The van der Waals surface area contributed by atoms with Crippen molar-refractivity contribution in [3.8, 4) is 0 Å². The Balaban J connectivity index is 1.62. The zero-order valence-electron chi connectivity index (χ0n) is 16.4. The molecule has 3 rings (SSSR count). The van der Waals surface area contributed by atoms with Crippen LogP contribution in [0.3, 0.4) is 0 Å². The summed E-state index contributed by atoms with van der Waals surface area (Å²) in [5.74, 6) is -0.0995. The first-order valence-electron chi connectivity index (χ1n) is 10.2. The Kier molecular flexibility index (Phi) is 7.50. The quantitative estimate of drug-likeness (QED) is 0.551. The molecule has 4 N–H and O–H groups in total. The van der Waals surface area contributed by atoms with Gasteiger partial charge in [-0.15, -0.1) is 0 Å². The van der Waals surface area contributed by atoms with E-state index >= 15 is 0 Å². The van der Waals surface area contributed by atoms with E-state index < -0.39 is 5.97 Å². The molecule has 1 saturated carbocycles. The van der Waals surface area contributed by atoms with Gasteiger partial charge in [-0.2, -0.15) is 0 Å². The highest BCUT2D eigenvalue weighted by molar-refractivity contribution is 7.19. The Morgan fingerprint density at radius 3 is 2.57 bits per heavy atom. The fourth-order valence-corrected chi connectivity index (χ4v) is 4.83. The van der Waals surface area contributed by atoms with Gasteiger partial charge in [0.05, 0.1) is 12.6 Å². The van der Waals surface area contributed by atoms with Crippen LogP contribution in [0.1, 0.15) is 51.9 Å². The lowest BCUT2D eigenvalue weighted by Crippen LogP contribution is -2.53. The number of hydrogen-bond acceptors (Lipinski definition) is 6. The number of carbonyl (C=O) groups excluding carboxylic acids is 1. The molecule has 0 aromatic carbocycles. The molecule has 0 radical (unpaired) electrons. The van der Waals surface area contributed by atoms with Gasteiger partial charge >= 0.3 is 12.0 Å². The number of aliphatic carboxylic acids is 1. The zero-order valence-corrected chi connectivity index (χ0v) is 17.3. The highest BCUT2D eigenvalue weighted by atomic mass is 32.1. The van der Waals surface area contributed by atoms with Crippen molar-refractivity contribution in [1.82, 2.24) is 15.2 Å². The number of anilines is 2. The minimum atomic E-state index is -0.843. The molecule has 0 bridgehead atoms. The van der Waals surface area contributed by atoms with Crippen molar-refractivity contribution >= 4 is 33.5 Å². The maximum Gasteiger partial charge on any atom is 0.324 e. The van der Waals surface area contributed by atoms with E-state index in [0.717, 1.165) is 49.7 Å². The summed E-state index contributed by atoms with van der Waals surface area (Å²) in [6.07, 6.45) is 8.14. The van der Waals surface area contributed by atoms with Gasteiger partial charge in [-0.25, -0.2) is 9.78 Å². The van der Waals surface area contributed by atoms with Crippen molar-refractivity contribution < 1.29 is 14.7 Å². The standard InChI is InChI=1S/C19H31N5O3S/c1-13-2-4-14(5-3-13)24(15-6-9-20-10-7-15)19(27)23-18-22-12-16(28-18)21-11-8-17(25)26/h12-15,20-21H,2-11H2,1H3,(H,25,26)(H,22,23,27). The SMILES string of the molecule is CC1CCC(N(C(=O)Nc2ncc(NCCC(=O)O)s2)C2CCNCC2)CC1. The number of rotatable bonds is 7. The third-order valence-electron chi connectivity index (χ3n) is 5.67. The molecule has 1 aromatic rings. The molecule has 8 nitrogen and oxygen atoms in total. The van der Waals surface area contributed by atoms with E-state index in [1.165, 1.54) is 24.2 Å². The molecule has 0 spiro atoms. The number of carboxylic acid groups (broad SMARTS) is 1. The van der Waals surface area contributed by atoms with Gasteiger partial charge in [-0.3, -0.25) is 10.1 Å². The first-order valence-corrected chi connectivity index (χ1v) is 11.1. The lowest BCUT2D eigenvalue weighted by Gasteiger charge is -2.42. The number of piperidine rings is 1. The van der Waals surface area contributed by atoms with Crippen LogP contribution in [0.25, 0.3) is 0 Å². The lowest BCUT2D eigenvalue weighted by atomic mass is 9.85. The minimum absolute atomic E-state index is 0.0448. The monoisotopic (exact) mass is 409 g/mol. The van der Waals surface area contributed by atoms with Crippen LogP contribution in [0.2, 0.25) is 0 Å². The van der Waals surface area contributed by atoms with E-state index in [0.29, 0.717) is 17.7 Å². The maximum absolute atomic E-state index is 13.2. The Morgan fingerprint density at radius 1 is 1.21 bits per heavy atom. The highest BCUT2D eigenvalue weighted by Crippen LogP contribution is 2.31. The number of hydrogen-bond donors (Lipinski definition) is 4. The summed E-state index contributed by atoms with van der Waals surface area (Å²) in [6.45, 7) is 4.53. The predicted molar refractivity (Wildman–Crippen MR) is 111 cm³/mol. The molecule has 2 amide bonds. The van der Waals surface area contributed by atoms with Crippen LogP contribution in [-0.4, -0.2) is 58.7 Å². The van der Waals surface area contributed by atoms with Crippen LogP contribution >= 0.6 is 11.3 Å². The number of urea groups is 1. The average molecular weight is 410 g/mol. The third-order valence-corrected chi connectivity index (χ3v) is 6.54. The minimum Gasteiger partial charge on any atom is -0.481 e. The second-order valence-electron chi connectivity index (χ2n) is 7.83. The van der Waals surface area contributed by atoms with Gasteiger partial charge < -0.3 is 20.6 Å². The van der Waals surface area contributed by atoms with Crippen molar-refractivity contribution in [3.63, 3.8) is 0 Å². The van der Waals surface area contributed by atoms with E-state index in [1.807, 2.05) is 0 Å². The molecular weight excluding hydrogens is 378 g/mol. The fourth-order valence-electron chi connectivity index (χ4n) is 4.10. The molecule has 2 aliphatic rings. The Bertz CT molecular complexity index is 654. The number of carboxylic acids is 1. The molecule has 1 aliphatic carbocycles. The summed E-state index contributed by atoms with van der Waals surface area (Å²) in [7, 11) is 0. The second kappa shape index (κ2) is 10.1. The van der Waals surface area contributed by atoms with Gasteiger partial charge in [0.15, 0.2) is 5.13 Å². The van der Waals surface area contributed by atoms with Crippen LogP contribution in [-0.2, 0) is 4.79 Å². The van der Waals surface area contributed by atoms with Crippen molar-refractivity contribution in [2.75, 3.05) is 30.3 Å². The van der Waals surface area contributed by atoms with E-state index in [1.54, 1.807) is 6.20 Å². The van der Waals surface area contributed by atoms with Crippen LogP contribution in [0, 0.1) is 5.92 Å². The predicted octanol–water partition coefficient (Wildman–Crippen LogP) is 3.19. The summed E-state index contributed by atoms with van der Waals surface area (Å²) in [6, 6.07) is 0.512. The molecule has 0 unspecified atom stereocenters. The molecule has 1 aliphatic heterocycles. The van der Waals surface area contributed by atoms with E-state index in [-0.39, 0.29) is 18.5 Å². The summed E-state index contributed by atoms with van der Waals surface area (Å²) < 4.78 is 0. The summed E-state index contributed by atoms with van der Waals surface area (Å²) in [5.41, 5.74) is 0. The van der Waals surface area contributed by atoms with Crippen LogP contribution in [0.4, 0.5) is 14.9 Å². The summed E-state index contributed by atoms with van der Waals surface area (Å²) in [4.78, 5) is 30.2. The molecule has 28 heavy (non-hydrogen) atoms. The van der Waals surface area contributed by atoms with Crippen molar-refractivity contribution in [2.45, 2.75) is 64.0 Å². The van der Waals surface area contributed by atoms with Crippen molar-refractivity contribution in [3.05, 3.63) is 6.20 Å². The number of thiazole rings is 1. The molecular formula is C19H31N5O3S. The molecule has 156 valence electrons. The van der Waals surface area contributed by atoms with Gasteiger partial charge in [0.1, 0.15) is 5.00 Å². The lowest BCUT2D eigenvalue weighted by molar-refractivity contribution is -0.136. The second-order valence-corrected chi connectivity index (χ2v) is 8.86. The molecule has 2 heterocycles. The number of aromatic nitrogens is 1. The Hall–Kier alpha value is -1.87. The molecule has 9 heteroatoms. The Labute approximate surface area is 170 Å². The van der Waals surface area contributed by atoms with Crippen LogP contribution < -0.4 is 16.0 Å². The van der Waals surface area contributed by atoms with Gasteiger partial charge in [-0.1, -0.05) is 18.3 Å². The normalized spacial score (nSPS) is 23.2. The number of carbonyl (C=O) groups is 2. The molecule has 1 saturated heterocycles. The van der Waals surface area contributed by atoms with Crippen molar-refractivity contribution in [2.24, 2.45) is 5.92 Å². The van der Waals surface area contributed by atoms with E-state index in [9.17, 15) is 9.59 Å². The van der Waals surface area contributed by atoms with Gasteiger partial charge in [0, 0.05) is 18.6 Å². The summed E-state index contributed by atoms with van der Waals surface area (Å²) in [5, 5.41) is 19.4. The van der Waals surface area contributed by atoms with Gasteiger partial charge in [-0.05, 0) is 57.5 Å². The largest absolute Gasteiger partial charge is 0.481 e. The van der Waals surface area contributed by atoms with Gasteiger partial charge in [0.2, 0.25) is 0 Å². The fraction of sp³-hybridized carbons (Fsp3) is 0.737. The van der Waals surface area contributed by atoms with Gasteiger partial charge in [0.25, 0.3) is 0 Å². The summed E-state index contributed by atoms with van der Waals surface area (Å²) >= 11 is 1.34. The van der Waals surface area contributed by atoms with E-state index in [4.69, 9.17) is 5.11 Å². The van der Waals surface area contributed by atoms with Crippen LogP contribution in [0.5, 0.6) is 0 Å². The highest BCUT2D eigenvalue weighted by Gasteiger charge is 2.33. The number of nitrogens with zero attached hydrogens (tertiary/aromatic N) is 2. The van der Waals surface area contributed by atoms with Crippen LogP contribution in [0.15, 0.2) is 6.20 Å². The zero-order chi connectivity index (χ0) is 19.9. The maximum atomic E-state index is 13.2.